The number of thioether (sulfide) groups is 1. The second-order valence-corrected chi connectivity index (χ2v) is 9.71. The highest BCUT2D eigenvalue weighted by atomic mass is 32.2. The highest BCUT2D eigenvalue weighted by Crippen LogP contribution is 2.34. The summed E-state index contributed by atoms with van der Waals surface area (Å²) in [5.41, 5.74) is 6.11. The van der Waals surface area contributed by atoms with Gasteiger partial charge in [-0.1, -0.05) is 97.1 Å². The summed E-state index contributed by atoms with van der Waals surface area (Å²) in [6.07, 6.45) is 2.43. The number of hydrogen-bond donors (Lipinski definition) is 0. The Morgan fingerprint density at radius 3 is 1.94 bits per heavy atom. The maximum Gasteiger partial charge on any atom is 0.293 e. The van der Waals surface area contributed by atoms with Crippen molar-refractivity contribution in [1.82, 2.24) is 9.88 Å². The standard InChI is InChI=1S/C31H22N2O2S/c34-30-29(19-18-24-25-10-4-6-12-27(25)32-28-13-7-5-11-26(24)28)36-31(35)33(30)20-21-14-16-23(17-15-21)22-8-2-1-3-9-22/h1-17,19H,18,20H2. The summed E-state index contributed by atoms with van der Waals surface area (Å²) >= 11 is 1.01. The number of hydrogen-bond acceptors (Lipinski definition) is 4. The lowest BCUT2D eigenvalue weighted by Crippen LogP contribution is -2.27. The molecule has 4 nitrogen and oxygen atoms in total. The van der Waals surface area contributed by atoms with Crippen molar-refractivity contribution in [2.75, 3.05) is 0 Å². The van der Waals surface area contributed by atoms with Crippen LogP contribution in [0.5, 0.6) is 0 Å². The van der Waals surface area contributed by atoms with Gasteiger partial charge in [0.1, 0.15) is 0 Å². The van der Waals surface area contributed by atoms with Crippen molar-refractivity contribution in [3.63, 3.8) is 0 Å². The number of aromatic nitrogens is 1. The highest BCUT2D eigenvalue weighted by Gasteiger charge is 2.34. The molecule has 1 saturated heterocycles. The predicted octanol–water partition coefficient (Wildman–Crippen LogP) is 7.38. The molecule has 0 N–H and O–H groups in total. The first-order chi connectivity index (χ1) is 17.7. The number of pyridine rings is 1. The van der Waals surface area contributed by atoms with Gasteiger partial charge < -0.3 is 0 Å². The monoisotopic (exact) mass is 486 g/mol. The van der Waals surface area contributed by atoms with Crippen LogP contribution in [-0.2, 0) is 17.8 Å². The van der Waals surface area contributed by atoms with Crippen LogP contribution in [0, 0.1) is 0 Å². The van der Waals surface area contributed by atoms with Crippen LogP contribution < -0.4 is 0 Å². The molecule has 1 aliphatic rings. The second-order valence-electron chi connectivity index (χ2n) is 8.72. The van der Waals surface area contributed by atoms with Crippen LogP contribution in [0.1, 0.15) is 11.1 Å². The minimum absolute atomic E-state index is 0.233. The molecule has 2 amide bonds. The van der Waals surface area contributed by atoms with Gasteiger partial charge in [-0.3, -0.25) is 14.5 Å². The molecule has 0 spiro atoms. The Bertz CT molecular complexity index is 1590. The highest BCUT2D eigenvalue weighted by molar-refractivity contribution is 8.18. The van der Waals surface area contributed by atoms with E-state index in [-0.39, 0.29) is 17.7 Å². The second kappa shape index (κ2) is 9.44. The Labute approximate surface area is 213 Å². The zero-order chi connectivity index (χ0) is 24.5. The van der Waals surface area contributed by atoms with E-state index in [9.17, 15) is 9.59 Å². The smallest absolute Gasteiger partial charge is 0.268 e. The van der Waals surface area contributed by atoms with Crippen molar-refractivity contribution >= 4 is 44.7 Å². The zero-order valence-corrected chi connectivity index (χ0v) is 20.2. The van der Waals surface area contributed by atoms with Crippen LogP contribution in [0.4, 0.5) is 4.79 Å². The number of rotatable bonds is 5. The molecule has 5 heteroatoms. The van der Waals surface area contributed by atoms with E-state index in [2.05, 4.69) is 24.3 Å². The summed E-state index contributed by atoms with van der Waals surface area (Å²) in [4.78, 5) is 32.5. The molecular weight excluding hydrogens is 464 g/mol. The van der Waals surface area contributed by atoms with Crippen LogP contribution in [0.25, 0.3) is 32.9 Å². The Morgan fingerprint density at radius 2 is 1.28 bits per heavy atom. The average molecular weight is 487 g/mol. The van der Waals surface area contributed by atoms with Gasteiger partial charge in [0.25, 0.3) is 11.1 Å². The Morgan fingerprint density at radius 1 is 0.694 bits per heavy atom. The van der Waals surface area contributed by atoms with E-state index in [0.29, 0.717) is 11.3 Å². The summed E-state index contributed by atoms with van der Waals surface area (Å²) in [7, 11) is 0. The fourth-order valence-electron chi connectivity index (χ4n) is 4.63. The molecule has 1 fully saturated rings. The van der Waals surface area contributed by atoms with Gasteiger partial charge in [-0.05, 0) is 52.6 Å². The van der Waals surface area contributed by atoms with Crippen LogP contribution in [0.2, 0.25) is 0 Å². The maximum atomic E-state index is 13.2. The Kier molecular flexibility index (Phi) is 5.84. The van der Waals surface area contributed by atoms with Gasteiger partial charge in [0, 0.05) is 10.8 Å². The molecule has 0 bridgehead atoms. The molecule has 6 rings (SSSR count). The van der Waals surface area contributed by atoms with Crippen LogP contribution in [-0.4, -0.2) is 21.0 Å². The van der Waals surface area contributed by atoms with E-state index in [1.165, 1.54) is 4.90 Å². The van der Waals surface area contributed by atoms with Crippen molar-refractivity contribution in [1.29, 1.82) is 0 Å². The topological polar surface area (TPSA) is 50.3 Å². The fourth-order valence-corrected chi connectivity index (χ4v) is 5.44. The minimum atomic E-state index is -0.236. The number of amides is 2. The van der Waals surface area contributed by atoms with Gasteiger partial charge in [-0.15, -0.1) is 0 Å². The van der Waals surface area contributed by atoms with Gasteiger partial charge >= 0.3 is 0 Å². The van der Waals surface area contributed by atoms with Gasteiger partial charge in [0.2, 0.25) is 0 Å². The number of imide groups is 1. The molecule has 5 aromatic rings. The molecule has 2 heterocycles. The van der Waals surface area contributed by atoms with Gasteiger partial charge in [-0.2, -0.15) is 0 Å². The third-order valence-electron chi connectivity index (χ3n) is 6.47. The lowest BCUT2D eigenvalue weighted by Gasteiger charge is -2.13. The van der Waals surface area contributed by atoms with E-state index in [0.717, 1.165) is 55.8 Å². The first kappa shape index (κ1) is 22.3. The third-order valence-corrected chi connectivity index (χ3v) is 7.42. The number of carbonyl (C=O) groups is 2. The van der Waals surface area contributed by atoms with Crippen molar-refractivity contribution in [2.45, 2.75) is 13.0 Å². The zero-order valence-electron chi connectivity index (χ0n) is 19.4. The minimum Gasteiger partial charge on any atom is -0.268 e. The van der Waals surface area contributed by atoms with Crippen molar-refractivity contribution in [2.24, 2.45) is 0 Å². The van der Waals surface area contributed by atoms with Gasteiger partial charge in [-0.25, -0.2) is 4.98 Å². The van der Waals surface area contributed by atoms with Crippen molar-refractivity contribution < 1.29 is 9.59 Å². The molecule has 174 valence electrons. The summed E-state index contributed by atoms with van der Waals surface area (Å²) in [5, 5.41) is 1.89. The van der Waals surface area contributed by atoms with E-state index in [1.807, 2.05) is 84.9 Å². The van der Waals surface area contributed by atoms with Crippen LogP contribution in [0.3, 0.4) is 0 Å². The average Bonchev–Trinajstić information content (AvgIpc) is 3.19. The lowest BCUT2D eigenvalue weighted by molar-refractivity contribution is -0.123. The summed E-state index contributed by atoms with van der Waals surface area (Å²) in [5.74, 6) is -0.236. The lowest BCUT2D eigenvalue weighted by atomic mass is 10.00. The van der Waals surface area contributed by atoms with E-state index >= 15 is 0 Å². The number of carbonyl (C=O) groups excluding carboxylic acids is 2. The molecule has 1 aromatic heterocycles. The van der Waals surface area contributed by atoms with E-state index in [4.69, 9.17) is 4.98 Å². The van der Waals surface area contributed by atoms with Crippen molar-refractivity contribution in [3.8, 4) is 11.1 Å². The molecule has 0 atom stereocenters. The molecule has 0 radical (unpaired) electrons. The van der Waals surface area contributed by atoms with Crippen molar-refractivity contribution in [3.05, 3.63) is 125 Å². The Balaban J connectivity index is 1.24. The number of benzene rings is 4. The Hall–Kier alpha value is -4.22. The summed E-state index contributed by atoms with van der Waals surface area (Å²) in [6, 6.07) is 34.2. The number of fused-ring (bicyclic) bond motifs is 2. The van der Waals surface area contributed by atoms with Gasteiger partial charge in [0.05, 0.1) is 22.5 Å². The molecular formula is C31H22N2O2S. The number of para-hydroxylation sites is 2. The first-order valence-electron chi connectivity index (χ1n) is 11.8. The first-order valence-corrected chi connectivity index (χ1v) is 12.6. The number of nitrogens with zero attached hydrogens (tertiary/aromatic N) is 2. The van der Waals surface area contributed by atoms with Crippen LogP contribution >= 0.6 is 11.8 Å². The third kappa shape index (κ3) is 4.18. The largest absolute Gasteiger partial charge is 0.293 e. The SMILES string of the molecule is O=C1SC(=CCc2c3ccccc3nc3ccccc23)C(=O)N1Cc1ccc(-c2ccccc2)cc1. The summed E-state index contributed by atoms with van der Waals surface area (Å²) < 4.78 is 0. The maximum absolute atomic E-state index is 13.2. The molecule has 0 unspecified atom stereocenters. The predicted molar refractivity (Wildman–Crippen MR) is 146 cm³/mol. The molecule has 4 aromatic carbocycles. The summed E-state index contributed by atoms with van der Waals surface area (Å²) in [6.45, 7) is 0.262. The molecule has 36 heavy (non-hydrogen) atoms. The van der Waals surface area contributed by atoms with Gasteiger partial charge in [0.15, 0.2) is 0 Å². The number of allylic oxidation sites excluding steroid dienone is 1. The molecule has 0 aliphatic carbocycles. The van der Waals surface area contributed by atoms with E-state index in [1.54, 1.807) is 0 Å². The van der Waals surface area contributed by atoms with Crippen LogP contribution in [0.15, 0.2) is 114 Å². The molecule has 1 aliphatic heterocycles. The molecule has 0 saturated carbocycles. The van der Waals surface area contributed by atoms with E-state index < -0.39 is 0 Å². The normalized spacial score (nSPS) is 14.9. The quantitative estimate of drug-likeness (QED) is 0.192. The fraction of sp³-hybridized carbons (Fsp3) is 0.0645.